The van der Waals surface area contributed by atoms with Gasteiger partial charge < -0.3 is 0 Å². The van der Waals surface area contributed by atoms with Crippen molar-refractivity contribution in [3.63, 3.8) is 0 Å². The average molecular weight is 426 g/mol. The highest BCUT2D eigenvalue weighted by molar-refractivity contribution is 4.57. The fraction of sp³-hybridized carbons (Fsp3) is 1.00. The van der Waals surface area contributed by atoms with Crippen LogP contribution in [0.2, 0.25) is 0 Å². The van der Waals surface area contributed by atoms with E-state index in [2.05, 4.69) is 32.8 Å². The van der Waals surface area contributed by atoms with Crippen molar-refractivity contribution in [3.8, 4) is 0 Å². The Bertz CT molecular complexity index is 287. The molecule has 2 heteroatoms. The van der Waals surface area contributed by atoms with E-state index in [0.29, 0.717) is 0 Å². The summed E-state index contributed by atoms with van der Waals surface area (Å²) in [6, 6.07) is 0. The average Bonchev–Trinajstić information content (AvgIpc) is 2.76. The Morgan fingerprint density at radius 1 is 0.500 bits per heavy atom. The summed E-state index contributed by atoms with van der Waals surface area (Å²) >= 11 is 0. The van der Waals surface area contributed by atoms with E-state index in [4.69, 9.17) is 4.84 Å². The van der Waals surface area contributed by atoms with Gasteiger partial charge in [-0.15, -0.1) is 0 Å². The molecule has 0 fully saturated rings. The minimum atomic E-state index is 0.740. The zero-order valence-electron chi connectivity index (χ0n) is 21.7. The predicted molar refractivity (Wildman–Crippen MR) is 136 cm³/mol. The predicted octanol–water partition coefficient (Wildman–Crippen LogP) is 9.72. The second-order valence-electron chi connectivity index (χ2n) is 9.59. The molecule has 182 valence electrons. The van der Waals surface area contributed by atoms with Crippen LogP contribution in [0.4, 0.5) is 0 Å². The lowest BCUT2D eigenvalue weighted by molar-refractivity contribution is -0.171. The molecule has 0 aliphatic heterocycles. The Kier molecular flexibility index (Phi) is 25.1. The Balaban J connectivity index is 4.02. The summed E-state index contributed by atoms with van der Waals surface area (Å²) in [7, 11) is 0. The molecule has 1 atom stereocenters. The van der Waals surface area contributed by atoms with Gasteiger partial charge in [0.15, 0.2) is 0 Å². The first-order chi connectivity index (χ1) is 14.8. The summed E-state index contributed by atoms with van der Waals surface area (Å²) in [5.41, 5.74) is 0. The molecule has 0 radical (unpaired) electrons. The van der Waals surface area contributed by atoms with E-state index in [1.807, 2.05) is 0 Å². The third-order valence-electron chi connectivity index (χ3n) is 6.56. The lowest BCUT2D eigenvalue weighted by Crippen LogP contribution is -2.29. The van der Waals surface area contributed by atoms with E-state index >= 15 is 0 Å². The Morgan fingerprint density at radius 2 is 0.900 bits per heavy atom. The number of hydroxylamine groups is 2. The zero-order chi connectivity index (χ0) is 22.1. The molecule has 2 nitrogen and oxygen atoms in total. The number of hydrogen-bond acceptors (Lipinski definition) is 2. The molecule has 0 aliphatic carbocycles. The number of rotatable bonds is 25. The first-order valence-electron chi connectivity index (χ1n) is 14.2. The molecular formula is C28H59NO. The van der Waals surface area contributed by atoms with Crippen LogP contribution in [0.3, 0.4) is 0 Å². The van der Waals surface area contributed by atoms with E-state index in [-0.39, 0.29) is 0 Å². The summed E-state index contributed by atoms with van der Waals surface area (Å²) < 4.78 is 0. The minimum absolute atomic E-state index is 0.740. The molecule has 0 aromatic carbocycles. The Hall–Kier alpha value is -0.0800. The van der Waals surface area contributed by atoms with Gasteiger partial charge in [-0.25, -0.2) is 0 Å². The number of nitrogens with zero attached hydrogens (tertiary/aromatic N) is 1. The maximum atomic E-state index is 6.34. The largest absolute Gasteiger partial charge is 0.299 e. The van der Waals surface area contributed by atoms with Gasteiger partial charge in [-0.2, -0.15) is 5.06 Å². The maximum absolute atomic E-state index is 6.34. The van der Waals surface area contributed by atoms with Crippen molar-refractivity contribution in [1.29, 1.82) is 0 Å². The van der Waals surface area contributed by atoms with E-state index < -0.39 is 0 Å². The van der Waals surface area contributed by atoms with Crippen LogP contribution in [0.5, 0.6) is 0 Å². The molecule has 0 N–H and O–H groups in total. The highest BCUT2D eigenvalue weighted by Gasteiger charge is 2.11. The fourth-order valence-electron chi connectivity index (χ4n) is 4.19. The molecule has 0 aromatic heterocycles. The van der Waals surface area contributed by atoms with E-state index in [1.54, 1.807) is 0 Å². The molecule has 0 saturated heterocycles. The molecule has 0 aliphatic rings. The van der Waals surface area contributed by atoms with Crippen LogP contribution in [0.1, 0.15) is 156 Å². The first kappa shape index (κ1) is 29.9. The van der Waals surface area contributed by atoms with Crippen molar-refractivity contribution in [2.75, 3.05) is 19.7 Å². The number of hydrogen-bond donors (Lipinski definition) is 0. The quantitative estimate of drug-likeness (QED) is 0.107. The second-order valence-corrected chi connectivity index (χ2v) is 9.59. The lowest BCUT2D eigenvalue weighted by Gasteiger charge is -2.25. The maximum Gasteiger partial charge on any atom is 0.0713 e. The van der Waals surface area contributed by atoms with Crippen molar-refractivity contribution in [3.05, 3.63) is 0 Å². The van der Waals surface area contributed by atoms with Gasteiger partial charge in [-0.05, 0) is 25.2 Å². The van der Waals surface area contributed by atoms with Gasteiger partial charge in [0.1, 0.15) is 0 Å². The third-order valence-corrected chi connectivity index (χ3v) is 6.56. The molecule has 0 saturated carbocycles. The van der Waals surface area contributed by atoms with Gasteiger partial charge in [0.05, 0.1) is 6.61 Å². The van der Waals surface area contributed by atoms with Crippen LogP contribution in [0.25, 0.3) is 0 Å². The van der Waals surface area contributed by atoms with Crippen molar-refractivity contribution in [2.45, 2.75) is 156 Å². The van der Waals surface area contributed by atoms with Gasteiger partial charge >= 0.3 is 0 Å². The summed E-state index contributed by atoms with van der Waals surface area (Å²) in [6.07, 6.45) is 27.5. The van der Waals surface area contributed by atoms with E-state index in [9.17, 15) is 0 Å². The van der Waals surface area contributed by atoms with Crippen molar-refractivity contribution >= 4 is 0 Å². The SMILES string of the molecule is CCCCCCCCCCN(CCCCCCCCCC)OCC(CC)CCCC. The third kappa shape index (κ3) is 21.2. The van der Waals surface area contributed by atoms with Crippen LogP contribution in [-0.4, -0.2) is 24.8 Å². The normalized spacial score (nSPS) is 12.7. The summed E-state index contributed by atoms with van der Waals surface area (Å²) in [6.45, 7) is 12.4. The Labute approximate surface area is 191 Å². The van der Waals surface area contributed by atoms with Crippen LogP contribution >= 0.6 is 0 Å². The highest BCUT2D eigenvalue weighted by atomic mass is 16.7. The molecule has 0 bridgehead atoms. The molecule has 0 aromatic rings. The van der Waals surface area contributed by atoms with Crippen LogP contribution < -0.4 is 0 Å². The molecule has 30 heavy (non-hydrogen) atoms. The van der Waals surface area contributed by atoms with Crippen LogP contribution in [-0.2, 0) is 4.84 Å². The van der Waals surface area contributed by atoms with Gasteiger partial charge in [0, 0.05) is 13.1 Å². The molecule has 1 unspecified atom stereocenters. The lowest BCUT2D eigenvalue weighted by atomic mass is 10.0. The van der Waals surface area contributed by atoms with Gasteiger partial charge in [0.2, 0.25) is 0 Å². The van der Waals surface area contributed by atoms with Gasteiger partial charge in [0.25, 0.3) is 0 Å². The van der Waals surface area contributed by atoms with Crippen LogP contribution in [0, 0.1) is 5.92 Å². The summed E-state index contributed by atoms with van der Waals surface area (Å²) in [5.74, 6) is 0.740. The summed E-state index contributed by atoms with van der Waals surface area (Å²) in [4.78, 5) is 6.34. The van der Waals surface area contributed by atoms with E-state index in [0.717, 1.165) is 25.6 Å². The number of unbranched alkanes of at least 4 members (excludes halogenated alkanes) is 15. The molecule has 0 heterocycles. The standard InChI is InChI=1S/C28H59NO/c1-5-9-12-14-16-18-20-22-25-29(30-27-28(8-4)24-11-7-3)26-23-21-19-17-15-13-10-6-2/h28H,5-27H2,1-4H3. The molecule has 0 amide bonds. The summed E-state index contributed by atoms with van der Waals surface area (Å²) in [5, 5.41) is 2.34. The van der Waals surface area contributed by atoms with Crippen LogP contribution in [0.15, 0.2) is 0 Å². The molecule has 0 rings (SSSR count). The van der Waals surface area contributed by atoms with Crippen molar-refractivity contribution in [1.82, 2.24) is 5.06 Å². The first-order valence-corrected chi connectivity index (χ1v) is 14.2. The second kappa shape index (κ2) is 25.2. The minimum Gasteiger partial charge on any atom is -0.299 e. The van der Waals surface area contributed by atoms with Crippen molar-refractivity contribution in [2.24, 2.45) is 5.92 Å². The Morgan fingerprint density at radius 3 is 1.30 bits per heavy atom. The monoisotopic (exact) mass is 425 g/mol. The van der Waals surface area contributed by atoms with E-state index in [1.165, 1.54) is 128 Å². The van der Waals surface area contributed by atoms with Gasteiger partial charge in [-0.1, -0.05) is 137 Å². The zero-order valence-corrected chi connectivity index (χ0v) is 21.7. The molecule has 0 spiro atoms. The molecular weight excluding hydrogens is 366 g/mol. The van der Waals surface area contributed by atoms with Crippen molar-refractivity contribution < 1.29 is 4.84 Å². The smallest absolute Gasteiger partial charge is 0.0713 e. The topological polar surface area (TPSA) is 12.5 Å². The fourth-order valence-corrected chi connectivity index (χ4v) is 4.19. The highest BCUT2D eigenvalue weighted by Crippen LogP contribution is 2.15. The van der Waals surface area contributed by atoms with Gasteiger partial charge in [-0.3, -0.25) is 4.84 Å².